The van der Waals surface area contributed by atoms with Crippen LogP contribution in [0.5, 0.6) is 0 Å². The minimum atomic E-state index is -0.697. The Morgan fingerprint density at radius 1 is 1.53 bits per heavy atom. The number of hydrogen-bond donors (Lipinski definition) is 2. The molecule has 15 heavy (non-hydrogen) atoms. The van der Waals surface area contributed by atoms with Gasteiger partial charge in [0.05, 0.1) is 10.9 Å². The summed E-state index contributed by atoms with van der Waals surface area (Å²) in [5.74, 6) is 0.798. The quantitative estimate of drug-likeness (QED) is 0.686. The molecule has 1 rings (SSSR count). The largest absolute Gasteiger partial charge is 0.393 e. The summed E-state index contributed by atoms with van der Waals surface area (Å²) in [6, 6.07) is 0.131. The van der Waals surface area contributed by atoms with E-state index in [1.165, 1.54) is 0 Å². The lowest BCUT2D eigenvalue weighted by molar-refractivity contribution is -0.123. The fraction of sp³-hybridized carbons (Fsp3) is 0.778. The Bertz CT molecular complexity index is 284. The second kappa shape index (κ2) is 5.55. The number of carbonyl (C=O) groups excluding carboxylic acids is 1. The first-order valence-corrected chi connectivity index (χ1v) is 6.85. The Morgan fingerprint density at radius 2 is 2.07 bits per heavy atom. The summed E-state index contributed by atoms with van der Waals surface area (Å²) in [5.41, 5.74) is 5.39. The van der Waals surface area contributed by atoms with E-state index in [9.17, 15) is 9.00 Å². The first kappa shape index (κ1) is 12.6. The van der Waals surface area contributed by atoms with Gasteiger partial charge in [-0.2, -0.15) is 0 Å². The maximum Gasteiger partial charge on any atom is 0.229 e. The first-order valence-electron chi connectivity index (χ1n) is 4.95. The Kier molecular flexibility index (Phi) is 4.66. The van der Waals surface area contributed by atoms with Crippen LogP contribution in [-0.4, -0.2) is 32.7 Å². The van der Waals surface area contributed by atoms with Crippen molar-refractivity contribution in [2.24, 2.45) is 11.7 Å². The smallest absolute Gasteiger partial charge is 0.229 e. The van der Waals surface area contributed by atoms with Crippen LogP contribution in [0.1, 0.15) is 19.8 Å². The summed E-state index contributed by atoms with van der Waals surface area (Å²) in [7, 11) is -0.697. The van der Waals surface area contributed by atoms with Crippen molar-refractivity contribution in [1.29, 1.82) is 0 Å². The Labute approximate surface area is 97.4 Å². The summed E-state index contributed by atoms with van der Waals surface area (Å²) in [5, 5.41) is 2.88. The molecule has 3 N–H and O–H groups in total. The standard InChI is InChI=1S/C9H16N2O2S2/c1-6(8(10)14)9(12)11-7-2-4-15(13)5-3-7/h6-7H,2-5H2,1H3,(H2,10,14)(H,11,12). The molecule has 0 aromatic rings. The van der Waals surface area contributed by atoms with E-state index in [1.807, 2.05) is 0 Å². The van der Waals surface area contributed by atoms with E-state index in [1.54, 1.807) is 6.92 Å². The van der Waals surface area contributed by atoms with Crippen LogP contribution in [0.15, 0.2) is 0 Å². The molecule has 1 aliphatic heterocycles. The third kappa shape index (κ3) is 3.87. The summed E-state index contributed by atoms with van der Waals surface area (Å²) in [6.07, 6.45) is 1.56. The molecule has 0 radical (unpaired) electrons. The molecule has 0 aliphatic carbocycles. The summed E-state index contributed by atoms with van der Waals surface area (Å²) < 4.78 is 11.1. The van der Waals surface area contributed by atoms with Gasteiger partial charge in [-0.3, -0.25) is 9.00 Å². The molecule has 1 aliphatic rings. The van der Waals surface area contributed by atoms with E-state index in [2.05, 4.69) is 5.32 Å². The highest BCUT2D eigenvalue weighted by Gasteiger charge is 2.22. The highest BCUT2D eigenvalue weighted by atomic mass is 32.2. The van der Waals surface area contributed by atoms with Gasteiger partial charge >= 0.3 is 0 Å². The Morgan fingerprint density at radius 3 is 2.53 bits per heavy atom. The molecular formula is C9H16N2O2S2. The van der Waals surface area contributed by atoms with E-state index in [0.29, 0.717) is 11.5 Å². The van der Waals surface area contributed by atoms with Gasteiger partial charge in [0.2, 0.25) is 5.91 Å². The van der Waals surface area contributed by atoms with Crippen LogP contribution in [0.4, 0.5) is 0 Å². The lowest BCUT2D eigenvalue weighted by atomic mass is 10.1. The van der Waals surface area contributed by atoms with Crippen molar-refractivity contribution in [1.82, 2.24) is 5.32 Å². The molecule has 0 spiro atoms. The van der Waals surface area contributed by atoms with Gasteiger partial charge in [-0.15, -0.1) is 0 Å². The van der Waals surface area contributed by atoms with Gasteiger partial charge in [-0.25, -0.2) is 0 Å². The summed E-state index contributed by atoms with van der Waals surface area (Å²) in [4.78, 5) is 11.8. The number of carbonyl (C=O) groups is 1. The first-order chi connectivity index (χ1) is 7.00. The van der Waals surface area contributed by atoms with Gasteiger partial charge in [0.25, 0.3) is 0 Å². The van der Waals surface area contributed by atoms with Crippen molar-refractivity contribution < 1.29 is 9.00 Å². The molecule has 0 bridgehead atoms. The predicted molar refractivity (Wildman–Crippen MR) is 65.0 cm³/mol. The third-order valence-corrected chi connectivity index (χ3v) is 4.29. The number of thiocarbonyl (C=S) groups is 1. The zero-order chi connectivity index (χ0) is 11.4. The van der Waals surface area contributed by atoms with E-state index in [-0.39, 0.29) is 16.9 Å². The molecular weight excluding hydrogens is 232 g/mol. The SMILES string of the molecule is CC(C(=O)NC1CCS(=O)CC1)C(N)=S. The molecule has 0 aromatic carbocycles. The van der Waals surface area contributed by atoms with Gasteiger partial charge in [0.15, 0.2) is 0 Å². The molecule has 1 amide bonds. The normalized spacial score (nSPS) is 28.1. The molecule has 1 unspecified atom stereocenters. The van der Waals surface area contributed by atoms with E-state index in [4.69, 9.17) is 18.0 Å². The zero-order valence-corrected chi connectivity index (χ0v) is 10.3. The topological polar surface area (TPSA) is 72.2 Å². The van der Waals surface area contributed by atoms with Crippen molar-refractivity contribution in [3.63, 3.8) is 0 Å². The second-order valence-corrected chi connectivity index (χ2v) is 5.92. The number of hydrogen-bond acceptors (Lipinski definition) is 3. The molecule has 1 atom stereocenters. The van der Waals surface area contributed by atoms with Crippen molar-refractivity contribution in [2.75, 3.05) is 11.5 Å². The van der Waals surface area contributed by atoms with E-state index >= 15 is 0 Å². The van der Waals surface area contributed by atoms with Crippen LogP contribution in [0.2, 0.25) is 0 Å². The second-order valence-electron chi connectivity index (χ2n) is 3.75. The number of amides is 1. The molecule has 86 valence electrons. The highest BCUT2D eigenvalue weighted by Crippen LogP contribution is 2.10. The molecule has 1 saturated heterocycles. The van der Waals surface area contributed by atoms with Crippen LogP contribution in [0, 0.1) is 5.92 Å². The average Bonchev–Trinajstić information content (AvgIpc) is 2.20. The van der Waals surface area contributed by atoms with Crippen LogP contribution in [-0.2, 0) is 15.6 Å². The van der Waals surface area contributed by atoms with Gasteiger partial charge in [0, 0.05) is 28.3 Å². The molecule has 6 heteroatoms. The van der Waals surface area contributed by atoms with Crippen LogP contribution < -0.4 is 11.1 Å². The van der Waals surface area contributed by atoms with E-state index < -0.39 is 16.7 Å². The third-order valence-electron chi connectivity index (χ3n) is 2.55. The molecule has 0 aromatic heterocycles. The average molecular weight is 248 g/mol. The lowest BCUT2D eigenvalue weighted by Gasteiger charge is -2.23. The van der Waals surface area contributed by atoms with Crippen LogP contribution >= 0.6 is 12.2 Å². The van der Waals surface area contributed by atoms with Crippen molar-refractivity contribution >= 4 is 33.9 Å². The number of nitrogens with two attached hydrogens (primary N) is 1. The fourth-order valence-electron chi connectivity index (χ4n) is 1.39. The monoisotopic (exact) mass is 248 g/mol. The maximum atomic E-state index is 11.6. The van der Waals surface area contributed by atoms with Crippen molar-refractivity contribution in [3.05, 3.63) is 0 Å². The van der Waals surface area contributed by atoms with Crippen LogP contribution in [0.25, 0.3) is 0 Å². The van der Waals surface area contributed by atoms with E-state index in [0.717, 1.165) is 12.8 Å². The van der Waals surface area contributed by atoms with Gasteiger partial charge < -0.3 is 11.1 Å². The van der Waals surface area contributed by atoms with Gasteiger partial charge in [0.1, 0.15) is 0 Å². The lowest BCUT2D eigenvalue weighted by Crippen LogP contribution is -2.44. The van der Waals surface area contributed by atoms with Gasteiger partial charge in [-0.1, -0.05) is 12.2 Å². The number of rotatable bonds is 3. The molecule has 4 nitrogen and oxygen atoms in total. The summed E-state index contributed by atoms with van der Waals surface area (Å²) >= 11 is 4.75. The highest BCUT2D eigenvalue weighted by molar-refractivity contribution is 7.85. The van der Waals surface area contributed by atoms with Crippen LogP contribution in [0.3, 0.4) is 0 Å². The predicted octanol–water partition coefficient (Wildman–Crippen LogP) is -0.0641. The summed E-state index contributed by atoms with van der Waals surface area (Å²) in [6.45, 7) is 1.69. The molecule has 1 fully saturated rings. The minimum absolute atomic E-state index is 0.125. The zero-order valence-electron chi connectivity index (χ0n) is 8.69. The van der Waals surface area contributed by atoms with Crippen molar-refractivity contribution in [3.8, 4) is 0 Å². The van der Waals surface area contributed by atoms with Crippen molar-refractivity contribution in [2.45, 2.75) is 25.8 Å². The number of nitrogens with one attached hydrogen (secondary N) is 1. The molecule has 0 saturated carbocycles. The Balaban J connectivity index is 2.38. The maximum absolute atomic E-state index is 11.6. The van der Waals surface area contributed by atoms with Gasteiger partial charge in [-0.05, 0) is 19.8 Å². The minimum Gasteiger partial charge on any atom is -0.393 e. The molecule has 1 heterocycles. The Hall–Kier alpha value is -0.490. The fourth-order valence-corrected chi connectivity index (χ4v) is 2.80.